The van der Waals surface area contributed by atoms with Crippen LogP contribution in [-0.2, 0) is 0 Å². The molecule has 0 amide bonds. The molecule has 2 nitrogen and oxygen atoms in total. The molecule has 0 fully saturated rings. The van der Waals surface area contributed by atoms with Crippen LogP contribution in [-0.4, -0.2) is 19.3 Å². The van der Waals surface area contributed by atoms with Gasteiger partial charge >= 0.3 is 0 Å². The third kappa shape index (κ3) is 4.63. The Bertz CT molecular complexity index is 121. The molecule has 2 N–H and O–H groups in total. The SMILES string of the molecule is CCCNC(NCC)C(C)(C)CC. The third-order valence-electron chi connectivity index (χ3n) is 2.70. The molecular formula is C11H26N2. The smallest absolute Gasteiger partial charge is 0.0624 e. The summed E-state index contributed by atoms with van der Waals surface area (Å²) in [5.74, 6) is 0. The lowest BCUT2D eigenvalue weighted by Gasteiger charge is -2.34. The first-order chi connectivity index (χ1) is 6.08. The minimum Gasteiger partial charge on any atom is -0.302 e. The molecule has 0 bridgehead atoms. The fourth-order valence-electron chi connectivity index (χ4n) is 1.32. The van der Waals surface area contributed by atoms with Crippen LogP contribution in [0.25, 0.3) is 0 Å². The second-order valence-electron chi connectivity index (χ2n) is 4.29. The quantitative estimate of drug-likeness (QED) is 0.596. The van der Waals surface area contributed by atoms with Crippen molar-refractivity contribution >= 4 is 0 Å². The van der Waals surface area contributed by atoms with Crippen molar-refractivity contribution in [2.24, 2.45) is 5.41 Å². The van der Waals surface area contributed by atoms with Crippen LogP contribution in [0.3, 0.4) is 0 Å². The van der Waals surface area contributed by atoms with Gasteiger partial charge in [0.25, 0.3) is 0 Å². The maximum Gasteiger partial charge on any atom is 0.0624 e. The lowest BCUT2D eigenvalue weighted by Crippen LogP contribution is -2.52. The number of hydrogen-bond acceptors (Lipinski definition) is 2. The molecule has 0 aromatic heterocycles. The summed E-state index contributed by atoms with van der Waals surface area (Å²) in [6, 6.07) is 0. The number of nitrogens with one attached hydrogen (secondary N) is 2. The molecule has 0 aliphatic carbocycles. The fourth-order valence-corrected chi connectivity index (χ4v) is 1.32. The number of hydrogen-bond donors (Lipinski definition) is 2. The summed E-state index contributed by atoms with van der Waals surface area (Å²) in [5, 5.41) is 7.05. The van der Waals surface area contributed by atoms with E-state index < -0.39 is 0 Å². The summed E-state index contributed by atoms with van der Waals surface area (Å²) >= 11 is 0. The molecule has 2 heteroatoms. The summed E-state index contributed by atoms with van der Waals surface area (Å²) in [7, 11) is 0. The Balaban J connectivity index is 4.05. The van der Waals surface area contributed by atoms with E-state index in [0.717, 1.165) is 13.1 Å². The van der Waals surface area contributed by atoms with Crippen LogP contribution in [0.2, 0.25) is 0 Å². The van der Waals surface area contributed by atoms with Gasteiger partial charge in [-0.25, -0.2) is 0 Å². The van der Waals surface area contributed by atoms with Gasteiger partial charge < -0.3 is 10.6 Å². The van der Waals surface area contributed by atoms with Crippen molar-refractivity contribution in [3.8, 4) is 0 Å². The zero-order valence-electron chi connectivity index (χ0n) is 9.91. The molecule has 0 aliphatic rings. The molecule has 0 saturated carbocycles. The van der Waals surface area contributed by atoms with Crippen LogP contribution in [0.1, 0.15) is 47.5 Å². The Labute approximate surface area is 83.5 Å². The molecule has 0 aliphatic heterocycles. The van der Waals surface area contributed by atoms with Gasteiger partial charge in [0, 0.05) is 0 Å². The van der Waals surface area contributed by atoms with Crippen molar-refractivity contribution in [2.75, 3.05) is 13.1 Å². The highest BCUT2D eigenvalue weighted by Crippen LogP contribution is 2.22. The maximum absolute atomic E-state index is 3.55. The first-order valence-electron chi connectivity index (χ1n) is 5.55. The Hall–Kier alpha value is -0.0800. The van der Waals surface area contributed by atoms with E-state index in [1.165, 1.54) is 12.8 Å². The predicted molar refractivity (Wildman–Crippen MR) is 59.8 cm³/mol. The molecule has 0 heterocycles. The standard InChI is InChI=1S/C11H26N2/c1-6-9-13-10(12-8-3)11(4,5)7-2/h10,12-13H,6-9H2,1-5H3. The van der Waals surface area contributed by atoms with Crippen LogP contribution in [0, 0.1) is 5.41 Å². The van der Waals surface area contributed by atoms with Crippen LogP contribution in [0.4, 0.5) is 0 Å². The third-order valence-corrected chi connectivity index (χ3v) is 2.70. The van der Waals surface area contributed by atoms with Gasteiger partial charge in [0.15, 0.2) is 0 Å². The van der Waals surface area contributed by atoms with E-state index in [9.17, 15) is 0 Å². The van der Waals surface area contributed by atoms with Crippen molar-refractivity contribution in [3.63, 3.8) is 0 Å². The monoisotopic (exact) mass is 186 g/mol. The van der Waals surface area contributed by atoms with E-state index in [4.69, 9.17) is 0 Å². The summed E-state index contributed by atoms with van der Waals surface area (Å²) in [6.45, 7) is 13.4. The van der Waals surface area contributed by atoms with Gasteiger partial charge in [0.05, 0.1) is 6.17 Å². The van der Waals surface area contributed by atoms with Gasteiger partial charge in [-0.05, 0) is 31.3 Å². The molecule has 0 saturated heterocycles. The highest BCUT2D eigenvalue weighted by Gasteiger charge is 2.25. The number of rotatable bonds is 7. The molecule has 0 spiro atoms. The molecular weight excluding hydrogens is 160 g/mol. The van der Waals surface area contributed by atoms with Gasteiger partial charge in [-0.1, -0.05) is 34.6 Å². The molecule has 80 valence electrons. The zero-order valence-corrected chi connectivity index (χ0v) is 9.91. The highest BCUT2D eigenvalue weighted by molar-refractivity contribution is 4.80. The Kier molecular flexibility index (Phi) is 6.35. The lowest BCUT2D eigenvalue weighted by atomic mass is 9.86. The molecule has 0 radical (unpaired) electrons. The minimum atomic E-state index is 0.338. The normalized spacial score (nSPS) is 14.5. The van der Waals surface area contributed by atoms with Crippen LogP contribution in [0.5, 0.6) is 0 Å². The molecule has 1 unspecified atom stereocenters. The molecule has 13 heavy (non-hydrogen) atoms. The van der Waals surface area contributed by atoms with E-state index >= 15 is 0 Å². The Morgan fingerprint density at radius 1 is 1.08 bits per heavy atom. The first-order valence-corrected chi connectivity index (χ1v) is 5.55. The molecule has 0 aromatic carbocycles. The summed E-state index contributed by atoms with van der Waals surface area (Å²) in [4.78, 5) is 0. The van der Waals surface area contributed by atoms with Crippen molar-refractivity contribution < 1.29 is 0 Å². The van der Waals surface area contributed by atoms with Crippen LogP contribution in [0.15, 0.2) is 0 Å². The van der Waals surface area contributed by atoms with Gasteiger partial charge in [-0.15, -0.1) is 0 Å². The predicted octanol–water partition coefficient (Wildman–Crippen LogP) is 2.36. The van der Waals surface area contributed by atoms with Crippen LogP contribution >= 0.6 is 0 Å². The Morgan fingerprint density at radius 3 is 2.08 bits per heavy atom. The van der Waals surface area contributed by atoms with Gasteiger partial charge in [0.1, 0.15) is 0 Å². The largest absolute Gasteiger partial charge is 0.302 e. The topological polar surface area (TPSA) is 24.1 Å². The second kappa shape index (κ2) is 6.39. The van der Waals surface area contributed by atoms with E-state index in [-0.39, 0.29) is 0 Å². The molecule has 0 aromatic rings. The maximum atomic E-state index is 3.55. The Morgan fingerprint density at radius 2 is 1.69 bits per heavy atom. The van der Waals surface area contributed by atoms with Crippen LogP contribution < -0.4 is 10.6 Å². The highest BCUT2D eigenvalue weighted by atomic mass is 15.1. The van der Waals surface area contributed by atoms with E-state index in [2.05, 4.69) is 45.3 Å². The van der Waals surface area contributed by atoms with Crippen molar-refractivity contribution in [1.82, 2.24) is 10.6 Å². The zero-order chi connectivity index (χ0) is 10.3. The first kappa shape index (κ1) is 12.9. The fraction of sp³-hybridized carbons (Fsp3) is 1.00. The lowest BCUT2D eigenvalue weighted by molar-refractivity contribution is 0.197. The summed E-state index contributed by atoms with van der Waals surface area (Å²) in [6.07, 6.45) is 2.84. The van der Waals surface area contributed by atoms with E-state index in [0.29, 0.717) is 11.6 Å². The molecule has 1 atom stereocenters. The van der Waals surface area contributed by atoms with E-state index in [1.807, 2.05) is 0 Å². The van der Waals surface area contributed by atoms with E-state index in [1.54, 1.807) is 0 Å². The van der Waals surface area contributed by atoms with Gasteiger partial charge in [-0.2, -0.15) is 0 Å². The van der Waals surface area contributed by atoms with Gasteiger partial charge in [0.2, 0.25) is 0 Å². The second-order valence-corrected chi connectivity index (χ2v) is 4.29. The van der Waals surface area contributed by atoms with Crippen molar-refractivity contribution in [2.45, 2.75) is 53.6 Å². The van der Waals surface area contributed by atoms with Crippen molar-refractivity contribution in [1.29, 1.82) is 0 Å². The molecule has 0 rings (SSSR count). The van der Waals surface area contributed by atoms with Crippen molar-refractivity contribution in [3.05, 3.63) is 0 Å². The average molecular weight is 186 g/mol. The van der Waals surface area contributed by atoms with Gasteiger partial charge in [-0.3, -0.25) is 0 Å². The summed E-state index contributed by atoms with van der Waals surface area (Å²) < 4.78 is 0. The average Bonchev–Trinajstić information content (AvgIpc) is 2.12. The minimum absolute atomic E-state index is 0.338. The summed E-state index contributed by atoms with van der Waals surface area (Å²) in [5.41, 5.74) is 0.338.